The third kappa shape index (κ3) is 42.8. The molecule has 0 aliphatic heterocycles. The van der Waals surface area contributed by atoms with Crippen LogP contribution in [0.4, 0.5) is 0 Å². The molecule has 0 amide bonds. The number of aliphatic carboxylic acids is 1. The topological polar surface area (TPSA) is 99.1 Å². The van der Waals surface area contributed by atoms with Crippen LogP contribution in [0, 0.1) is 0 Å². The predicted molar refractivity (Wildman–Crippen MR) is 261 cm³/mol. The van der Waals surface area contributed by atoms with E-state index < -0.39 is 18.1 Å². The van der Waals surface area contributed by atoms with Gasteiger partial charge in [-0.3, -0.25) is 9.59 Å². The third-order valence-electron chi connectivity index (χ3n) is 11.8. The average molecular weight is 875 g/mol. The fourth-order valence-electron chi connectivity index (χ4n) is 7.76. The molecule has 2 atom stereocenters. The fraction of sp³-hybridized carbons (Fsp3) is 0.833. The van der Waals surface area contributed by atoms with Crippen molar-refractivity contribution in [2.24, 2.45) is 0 Å². The van der Waals surface area contributed by atoms with Gasteiger partial charge in [-0.2, -0.15) is 0 Å². The van der Waals surface area contributed by atoms with Gasteiger partial charge in [-0.1, -0.05) is 211 Å². The molecule has 8 nitrogen and oxygen atoms in total. The summed E-state index contributed by atoms with van der Waals surface area (Å²) >= 11 is 0. The number of esters is 2. The molecule has 0 aliphatic carbocycles. The molecule has 8 heteroatoms. The Bertz CT molecular complexity index is 1110. The molecule has 0 heterocycles. The van der Waals surface area contributed by atoms with E-state index in [0.717, 1.165) is 38.5 Å². The highest BCUT2D eigenvalue weighted by atomic mass is 16.6. The first-order valence-electron chi connectivity index (χ1n) is 26.0. The van der Waals surface area contributed by atoms with Crippen molar-refractivity contribution in [3.63, 3.8) is 0 Å². The van der Waals surface area contributed by atoms with E-state index in [1.54, 1.807) is 0 Å². The van der Waals surface area contributed by atoms with Crippen molar-refractivity contribution in [1.29, 1.82) is 0 Å². The summed E-state index contributed by atoms with van der Waals surface area (Å²) in [5.74, 6) is -1.52. The second-order valence-electron chi connectivity index (χ2n) is 18.8. The van der Waals surface area contributed by atoms with Gasteiger partial charge >= 0.3 is 17.9 Å². The highest BCUT2D eigenvalue weighted by Gasteiger charge is 2.31. The minimum atomic E-state index is -0.879. The summed E-state index contributed by atoms with van der Waals surface area (Å²) in [4.78, 5) is 37.1. The second-order valence-corrected chi connectivity index (χ2v) is 18.8. The van der Waals surface area contributed by atoms with E-state index >= 15 is 0 Å². The molecule has 0 saturated carbocycles. The van der Waals surface area contributed by atoms with Gasteiger partial charge in [0.2, 0.25) is 0 Å². The molecule has 0 spiro atoms. The predicted octanol–water partition coefficient (Wildman–Crippen LogP) is 15.0. The standard InChI is InChI=1S/C54H99NO7/c1-6-8-10-12-14-16-18-20-22-24-25-26-27-29-31-33-35-37-39-41-43-45-53(57)62-50(48-60-47-46-51(54(58)59)55(3,4)5)49-61-52(56)44-42-40-38-36-34-32-30-28-23-21-19-17-15-13-11-9-7-2/h21,23,30,32,36,38,50-51H,6-20,22,24-29,31,33-35,37,39-49H2,1-5H3/p+1/b23-21+,32-30+,38-36+. The molecular weight excluding hydrogens is 775 g/mol. The largest absolute Gasteiger partial charge is 0.477 e. The Hall–Kier alpha value is -2.45. The first kappa shape index (κ1) is 59.5. The van der Waals surface area contributed by atoms with E-state index in [0.29, 0.717) is 19.3 Å². The number of nitrogens with zero attached hydrogens (tertiary/aromatic N) is 1. The molecule has 0 aliphatic rings. The zero-order valence-corrected chi connectivity index (χ0v) is 41.3. The number of rotatable bonds is 47. The number of carbonyl (C=O) groups excluding carboxylic acids is 2. The molecule has 0 rings (SSSR count). The lowest BCUT2D eigenvalue weighted by Crippen LogP contribution is -2.50. The van der Waals surface area contributed by atoms with Crippen LogP contribution in [-0.4, -0.2) is 80.6 Å². The molecule has 2 unspecified atom stereocenters. The van der Waals surface area contributed by atoms with Gasteiger partial charge in [0.1, 0.15) is 6.61 Å². The average Bonchev–Trinajstić information content (AvgIpc) is 3.23. The summed E-state index contributed by atoms with van der Waals surface area (Å²) in [5, 5.41) is 9.65. The first-order valence-corrected chi connectivity index (χ1v) is 26.0. The van der Waals surface area contributed by atoms with Crippen molar-refractivity contribution < 1.29 is 38.2 Å². The van der Waals surface area contributed by atoms with Gasteiger partial charge in [0.15, 0.2) is 12.1 Å². The SMILES string of the molecule is CCCCCCCC/C=C/C/C=C/C/C=C/CCCC(=O)OCC(COCCC(C(=O)O)[N+](C)(C)C)OC(=O)CCCCCCCCCCCCCCCCCCCCCCC. The van der Waals surface area contributed by atoms with Crippen LogP contribution in [0.25, 0.3) is 0 Å². The van der Waals surface area contributed by atoms with Crippen molar-refractivity contribution >= 4 is 17.9 Å². The Morgan fingerprint density at radius 3 is 1.31 bits per heavy atom. The van der Waals surface area contributed by atoms with Gasteiger partial charge in [-0.25, -0.2) is 4.79 Å². The number of hydrogen-bond acceptors (Lipinski definition) is 6. The van der Waals surface area contributed by atoms with Crippen LogP contribution < -0.4 is 0 Å². The zero-order valence-electron chi connectivity index (χ0n) is 41.3. The maximum absolute atomic E-state index is 12.8. The van der Waals surface area contributed by atoms with Crippen LogP contribution in [0.2, 0.25) is 0 Å². The maximum atomic E-state index is 12.8. The summed E-state index contributed by atoms with van der Waals surface area (Å²) in [7, 11) is 5.53. The second kappa shape index (κ2) is 45.1. The van der Waals surface area contributed by atoms with E-state index in [1.165, 1.54) is 161 Å². The smallest absolute Gasteiger partial charge is 0.362 e. The van der Waals surface area contributed by atoms with Gasteiger partial charge in [0, 0.05) is 19.3 Å². The Labute approximate surface area is 383 Å². The maximum Gasteiger partial charge on any atom is 0.362 e. The van der Waals surface area contributed by atoms with Crippen LogP contribution in [0.15, 0.2) is 36.5 Å². The van der Waals surface area contributed by atoms with E-state index in [4.69, 9.17) is 14.2 Å². The van der Waals surface area contributed by atoms with Gasteiger partial charge in [0.25, 0.3) is 0 Å². The van der Waals surface area contributed by atoms with E-state index in [2.05, 4.69) is 50.3 Å². The van der Waals surface area contributed by atoms with E-state index in [-0.39, 0.29) is 42.7 Å². The van der Waals surface area contributed by atoms with Gasteiger partial charge in [-0.05, 0) is 44.9 Å². The Balaban J connectivity index is 4.27. The lowest BCUT2D eigenvalue weighted by molar-refractivity contribution is -0.887. The lowest BCUT2D eigenvalue weighted by atomic mass is 10.0. The van der Waals surface area contributed by atoms with Crippen molar-refractivity contribution in [2.75, 3.05) is 41.0 Å². The molecule has 0 saturated heterocycles. The molecule has 0 aromatic heterocycles. The Morgan fingerprint density at radius 2 is 0.871 bits per heavy atom. The normalized spacial score (nSPS) is 13.1. The summed E-state index contributed by atoms with van der Waals surface area (Å²) in [5.41, 5.74) is 0. The quantitative estimate of drug-likeness (QED) is 0.0281. The van der Waals surface area contributed by atoms with Gasteiger partial charge in [0.05, 0.1) is 34.4 Å². The number of unbranched alkanes of at least 4 members (excludes halogenated alkanes) is 27. The van der Waals surface area contributed by atoms with Crippen molar-refractivity contribution in [2.45, 2.75) is 251 Å². The third-order valence-corrected chi connectivity index (χ3v) is 11.8. The summed E-state index contributed by atoms with van der Waals surface area (Å²) in [6.45, 7) is 4.71. The lowest BCUT2D eigenvalue weighted by Gasteiger charge is -2.31. The summed E-state index contributed by atoms with van der Waals surface area (Å²) in [6.07, 6.45) is 53.5. The van der Waals surface area contributed by atoms with Crippen molar-refractivity contribution in [3.05, 3.63) is 36.5 Å². The number of carboxylic acids is 1. The molecular formula is C54H100NO7+. The van der Waals surface area contributed by atoms with Crippen LogP contribution in [-0.2, 0) is 28.6 Å². The number of allylic oxidation sites excluding steroid dienone is 6. The number of carbonyl (C=O) groups is 3. The Kier molecular flexibility index (Phi) is 43.3. The molecule has 0 bridgehead atoms. The number of quaternary nitrogens is 1. The Morgan fingerprint density at radius 1 is 0.484 bits per heavy atom. The number of carboxylic acid groups (broad SMARTS) is 1. The molecule has 0 fully saturated rings. The van der Waals surface area contributed by atoms with Crippen LogP contribution in [0.5, 0.6) is 0 Å². The molecule has 62 heavy (non-hydrogen) atoms. The summed E-state index contributed by atoms with van der Waals surface area (Å²) < 4.78 is 17.3. The monoisotopic (exact) mass is 875 g/mol. The molecule has 362 valence electrons. The minimum absolute atomic E-state index is 0.0486. The van der Waals surface area contributed by atoms with Gasteiger partial charge in [-0.15, -0.1) is 0 Å². The molecule has 0 aromatic rings. The van der Waals surface area contributed by atoms with Crippen LogP contribution >= 0.6 is 0 Å². The van der Waals surface area contributed by atoms with Crippen LogP contribution in [0.3, 0.4) is 0 Å². The molecule has 0 aromatic carbocycles. The number of ether oxygens (including phenoxy) is 3. The molecule has 1 N–H and O–H groups in total. The van der Waals surface area contributed by atoms with Crippen molar-refractivity contribution in [1.82, 2.24) is 0 Å². The van der Waals surface area contributed by atoms with Crippen LogP contribution in [0.1, 0.15) is 239 Å². The summed E-state index contributed by atoms with van der Waals surface area (Å²) in [6, 6.07) is -0.621. The van der Waals surface area contributed by atoms with E-state index in [9.17, 15) is 19.5 Å². The highest BCUT2D eigenvalue weighted by Crippen LogP contribution is 2.16. The zero-order chi connectivity index (χ0) is 45.6. The molecule has 0 radical (unpaired) electrons. The van der Waals surface area contributed by atoms with Crippen molar-refractivity contribution in [3.8, 4) is 0 Å². The van der Waals surface area contributed by atoms with E-state index in [1.807, 2.05) is 21.1 Å². The fourth-order valence-corrected chi connectivity index (χ4v) is 7.76. The highest BCUT2D eigenvalue weighted by molar-refractivity contribution is 5.72. The van der Waals surface area contributed by atoms with Gasteiger partial charge < -0.3 is 23.8 Å². The first-order chi connectivity index (χ1) is 30.1. The number of likely N-dealkylation sites (N-methyl/N-ethyl adjacent to an activating group) is 1. The number of hydrogen-bond donors (Lipinski definition) is 1. The minimum Gasteiger partial charge on any atom is -0.477 e.